The standard InChI is InChI=1S/C11H15F2N/c1-7-4-5-8(2)9(6-7)10(14-3)11(12)13/h4-6,10-11,14H,1-3H3. The van der Waals surface area contributed by atoms with Crippen LogP contribution in [0.15, 0.2) is 18.2 Å². The molecule has 0 heterocycles. The summed E-state index contributed by atoms with van der Waals surface area (Å²) in [7, 11) is 1.55. The molecule has 1 rings (SSSR count). The Morgan fingerprint density at radius 1 is 1.21 bits per heavy atom. The van der Waals surface area contributed by atoms with Gasteiger partial charge in [-0.2, -0.15) is 0 Å². The van der Waals surface area contributed by atoms with Crippen LogP contribution < -0.4 is 5.32 Å². The molecule has 1 aromatic carbocycles. The number of halogens is 2. The molecule has 0 spiro atoms. The third-order valence-electron chi connectivity index (χ3n) is 2.33. The van der Waals surface area contributed by atoms with E-state index in [1.165, 1.54) is 0 Å². The van der Waals surface area contributed by atoms with Crippen molar-refractivity contribution in [2.75, 3.05) is 7.05 Å². The highest BCUT2D eigenvalue weighted by Crippen LogP contribution is 2.24. The molecule has 3 heteroatoms. The van der Waals surface area contributed by atoms with Gasteiger partial charge in [-0.25, -0.2) is 8.78 Å². The summed E-state index contributed by atoms with van der Waals surface area (Å²) in [6, 6.07) is 4.74. The second-order valence-electron chi connectivity index (χ2n) is 3.46. The van der Waals surface area contributed by atoms with Gasteiger partial charge < -0.3 is 5.32 Å². The molecule has 0 saturated carbocycles. The summed E-state index contributed by atoms with van der Waals surface area (Å²) in [5, 5.41) is 2.64. The van der Waals surface area contributed by atoms with Crippen LogP contribution in [0.25, 0.3) is 0 Å². The Hall–Kier alpha value is -0.960. The Morgan fingerprint density at radius 3 is 2.36 bits per heavy atom. The first-order valence-electron chi connectivity index (χ1n) is 4.59. The zero-order chi connectivity index (χ0) is 10.7. The van der Waals surface area contributed by atoms with Crippen LogP contribution in [-0.2, 0) is 0 Å². The van der Waals surface area contributed by atoms with Gasteiger partial charge in [0.2, 0.25) is 0 Å². The molecule has 1 unspecified atom stereocenters. The van der Waals surface area contributed by atoms with E-state index >= 15 is 0 Å². The summed E-state index contributed by atoms with van der Waals surface area (Å²) in [4.78, 5) is 0. The number of rotatable bonds is 3. The first kappa shape index (κ1) is 11.1. The maximum Gasteiger partial charge on any atom is 0.257 e. The number of aryl methyl sites for hydroxylation is 2. The fraction of sp³-hybridized carbons (Fsp3) is 0.455. The van der Waals surface area contributed by atoms with Crippen molar-refractivity contribution in [3.8, 4) is 0 Å². The van der Waals surface area contributed by atoms with Crippen LogP contribution in [0.1, 0.15) is 22.7 Å². The average molecular weight is 199 g/mol. The molecule has 0 aliphatic rings. The third kappa shape index (κ3) is 2.29. The molecule has 0 saturated heterocycles. The summed E-state index contributed by atoms with van der Waals surface area (Å²) in [6.07, 6.45) is -2.37. The van der Waals surface area contributed by atoms with Crippen molar-refractivity contribution < 1.29 is 8.78 Å². The maximum absolute atomic E-state index is 12.6. The third-order valence-corrected chi connectivity index (χ3v) is 2.33. The second-order valence-corrected chi connectivity index (χ2v) is 3.46. The molecule has 14 heavy (non-hydrogen) atoms. The van der Waals surface area contributed by atoms with Gasteiger partial charge in [0, 0.05) is 0 Å². The average Bonchev–Trinajstić information content (AvgIpc) is 2.11. The van der Waals surface area contributed by atoms with E-state index in [1.54, 1.807) is 7.05 Å². The van der Waals surface area contributed by atoms with Gasteiger partial charge >= 0.3 is 0 Å². The highest BCUT2D eigenvalue weighted by molar-refractivity contribution is 5.33. The first-order valence-corrected chi connectivity index (χ1v) is 4.59. The summed E-state index contributed by atoms with van der Waals surface area (Å²) >= 11 is 0. The van der Waals surface area contributed by atoms with Crippen molar-refractivity contribution in [1.29, 1.82) is 0 Å². The van der Waals surface area contributed by atoms with Crippen LogP contribution in [-0.4, -0.2) is 13.5 Å². The van der Waals surface area contributed by atoms with Gasteiger partial charge in [-0.05, 0) is 32.0 Å². The van der Waals surface area contributed by atoms with E-state index in [2.05, 4.69) is 5.32 Å². The largest absolute Gasteiger partial charge is 0.308 e. The fourth-order valence-corrected chi connectivity index (χ4v) is 1.51. The minimum atomic E-state index is -2.37. The molecule has 1 N–H and O–H groups in total. The van der Waals surface area contributed by atoms with Gasteiger partial charge in [0.15, 0.2) is 0 Å². The number of hydrogen-bond acceptors (Lipinski definition) is 1. The Kier molecular flexibility index (Phi) is 3.58. The van der Waals surface area contributed by atoms with Gasteiger partial charge in [-0.3, -0.25) is 0 Å². The number of alkyl halides is 2. The minimum Gasteiger partial charge on any atom is -0.308 e. The van der Waals surface area contributed by atoms with Crippen molar-refractivity contribution >= 4 is 0 Å². The van der Waals surface area contributed by atoms with E-state index < -0.39 is 12.5 Å². The van der Waals surface area contributed by atoms with E-state index in [9.17, 15) is 8.78 Å². The lowest BCUT2D eigenvalue weighted by atomic mass is 9.99. The van der Waals surface area contributed by atoms with E-state index in [4.69, 9.17) is 0 Å². The van der Waals surface area contributed by atoms with Crippen molar-refractivity contribution in [3.63, 3.8) is 0 Å². The van der Waals surface area contributed by atoms with Crippen molar-refractivity contribution in [3.05, 3.63) is 34.9 Å². The Labute approximate surface area is 83.1 Å². The van der Waals surface area contributed by atoms with Gasteiger partial charge in [-0.1, -0.05) is 23.8 Å². The van der Waals surface area contributed by atoms with Crippen LogP contribution in [0.4, 0.5) is 8.78 Å². The van der Waals surface area contributed by atoms with E-state index in [1.807, 2.05) is 32.0 Å². The lowest BCUT2D eigenvalue weighted by Crippen LogP contribution is -2.24. The molecule has 0 fully saturated rings. The summed E-state index contributed by atoms with van der Waals surface area (Å²) in [5.74, 6) is 0. The Balaban J connectivity index is 3.08. The van der Waals surface area contributed by atoms with Crippen LogP contribution >= 0.6 is 0 Å². The minimum absolute atomic E-state index is 0.683. The van der Waals surface area contributed by atoms with Crippen LogP contribution in [0.5, 0.6) is 0 Å². The zero-order valence-corrected chi connectivity index (χ0v) is 8.64. The van der Waals surface area contributed by atoms with Gasteiger partial charge in [0.1, 0.15) is 0 Å². The number of hydrogen-bond donors (Lipinski definition) is 1. The van der Waals surface area contributed by atoms with E-state index in [0.717, 1.165) is 11.1 Å². The lowest BCUT2D eigenvalue weighted by Gasteiger charge is -2.18. The zero-order valence-electron chi connectivity index (χ0n) is 8.64. The molecule has 0 aromatic heterocycles. The second kappa shape index (κ2) is 4.51. The summed E-state index contributed by atoms with van der Waals surface area (Å²) in [5.41, 5.74) is 2.59. The monoisotopic (exact) mass is 199 g/mol. The lowest BCUT2D eigenvalue weighted by molar-refractivity contribution is 0.102. The smallest absolute Gasteiger partial charge is 0.257 e. The topological polar surface area (TPSA) is 12.0 Å². The van der Waals surface area contributed by atoms with Crippen molar-refractivity contribution in [2.45, 2.75) is 26.3 Å². The van der Waals surface area contributed by atoms with E-state index in [0.29, 0.717) is 5.56 Å². The van der Waals surface area contributed by atoms with Crippen LogP contribution in [0, 0.1) is 13.8 Å². The number of nitrogens with one attached hydrogen (secondary N) is 1. The van der Waals surface area contributed by atoms with Gasteiger partial charge in [-0.15, -0.1) is 0 Å². The fourth-order valence-electron chi connectivity index (χ4n) is 1.51. The molecule has 0 amide bonds. The molecule has 78 valence electrons. The predicted octanol–water partition coefficient (Wildman–Crippen LogP) is 2.83. The predicted molar refractivity (Wildman–Crippen MR) is 53.7 cm³/mol. The quantitative estimate of drug-likeness (QED) is 0.789. The van der Waals surface area contributed by atoms with Gasteiger partial charge in [0.05, 0.1) is 6.04 Å². The van der Waals surface area contributed by atoms with Crippen LogP contribution in [0.3, 0.4) is 0 Å². The Bertz CT molecular complexity index is 310. The molecule has 0 bridgehead atoms. The summed E-state index contributed by atoms with van der Waals surface area (Å²) < 4.78 is 25.3. The Morgan fingerprint density at radius 2 is 1.86 bits per heavy atom. The SMILES string of the molecule is CNC(c1cc(C)ccc1C)C(F)F. The highest BCUT2D eigenvalue weighted by Gasteiger charge is 2.21. The normalized spacial score (nSPS) is 13.3. The molecule has 0 aliphatic carbocycles. The molecule has 1 aromatic rings. The molecular formula is C11H15F2N. The molecule has 1 nitrogen and oxygen atoms in total. The van der Waals surface area contributed by atoms with Gasteiger partial charge in [0.25, 0.3) is 6.43 Å². The van der Waals surface area contributed by atoms with Crippen molar-refractivity contribution in [1.82, 2.24) is 5.32 Å². The summed E-state index contributed by atoms with van der Waals surface area (Å²) in [6.45, 7) is 3.75. The maximum atomic E-state index is 12.6. The van der Waals surface area contributed by atoms with E-state index in [-0.39, 0.29) is 0 Å². The molecule has 1 atom stereocenters. The highest BCUT2D eigenvalue weighted by atomic mass is 19.3. The first-order chi connectivity index (χ1) is 6.56. The van der Waals surface area contributed by atoms with Crippen LogP contribution in [0.2, 0.25) is 0 Å². The molecular weight excluding hydrogens is 184 g/mol. The van der Waals surface area contributed by atoms with Crippen molar-refractivity contribution in [2.24, 2.45) is 0 Å². The molecule has 0 aliphatic heterocycles. The molecule has 0 radical (unpaired) electrons. The number of benzene rings is 1.